The molecule has 0 bridgehead atoms. The highest BCUT2D eigenvalue weighted by molar-refractivity contribution is 14.0. The van der Waals surface area contributed by atoms with E-state index in [9.17, 15) is 8.42 Å². The van der Waals surface area contributed by atoms with Crippen molar-refractivity contribution in [3.05, 3.63) is 59.4 Å². The van der Waals surface area contributed by atoms with Gasteiger partial charge in [-0.3, -0.25) is 4.99 Å². The van der Waals surface area contributed by atoms with Gasteiger partial charge in [0, 0.05) is 39.4 Å². The summed E-state index contributed by atoms with van der Waals surface area (Å²) in [6, 6.07) is 12.4. The topological polar surface area (TPSA) is 86.7 Å². The summed E-state index contributed by atoms with van der Waals surface area (Å²) in [5.74, 6) is 1.16. The average molecular weight is 578 g/mol. The summed E-state index contributed by atoms with van der Waals surface area (Å²) >= 11 is 5.81. The molecule has 10 heteroatoms. The summed E-state index contributed by atoms with van der Waals surface area (Å²) in [7, 11) is -1.65. The van der Waals surface area contributed by atoms with Crippen molar-refractivity contribution in [2.24, 2.45) is 10.9 Å². The molecule has 1 aliphatic rings. The maximum absolute atomic E-state index is 12.7. The van der Waals surface area contributed by atoms with Gasteiger partial charge < -0.3 is 10.6 Å². The molecule has 1 fully saturated rings. The standard InChI is InChI=1S/C21H28ClN5O2S.HI/c1-23-21(24-12-9-17-7-8-20(22)25-15-17)26-16-18-10-13-27(14-11-18)30(28,29)19-5-3-2-4-6-19;/h2-8,15,18H,9-14,16H2,1H3,(H2,23,24,26);1H. The molecule has 7 nitrogen and oxygen atoms in total. The van der Waals surface area contributed by atoms with Gasteiger partial charge >= 0.3 is 0 Å². The molecule has 0 radical (unpaired) electrons. The van der Waals surface area contributed by atoms with Crippen LogP contribution in [0.3, 0.4) is 0 Å². The van der Waals surface area contributed by atoms with Crippen molar-refractivity contribution < 1.29 is 8.42 Å². The van der Waals surface area contributed by atoms with Crippen LogP contribution < -0.4 is 10.6 Å². The largest absolute Gasteiger partial charge is 0.356 e. The molecule has 1 aromatic heterocycles. The number of rotatable bonds is 7. The lowest BCUT2D eigenvalue weighted by atomic mass is 9.98. The first-order valence-electron chi connectivity index (χ1n) is 10.1. The second-order valence-electron chi connectivity index (χ2n) is 7.28. The summed E-state index contributed by atoms with van der Waals surface area (Å²) in [6.45, 7) is 2.58. The molecule has 31 heavy (non-hydrogen) atoms. The summed E-state index contributed by atoms with van der Waals surface area (Å²) in [4.78, 5) is 8.71. The van der Waals surface area contributed by atoms with Crippen LogP contribution in [0.1, 0.15) is 18.4 Å². The number of halogens is 2. The van der Waals surface area contributed by atoms with Crippen molar-refractivity contribution in [3.8, 4) is 0 Å². The zero-order valence-corrected chi connectivity index (χ0v) is 21.4. The van der Waals surface area contributed by atoms with Gasteiger partial charge in [-0.2, -0.15) is 4.31 Å². The minimum Gasteiger partial charge on any atom is -0.356 e. The third kappa shape index (κ3) is 7.58. The lowest BCUT2D eigenvalue weighted by molar-refractivity contribution is 0.273. The molecule has 2 heterocycles. The van der Waals surface area contributed by atoms with Crippen LogP contribution in [-0.2, 0) is 16.4 Å². The first-order chi connectivity index (χ1) is 14.5. The van der Waals surface area contributed by atoms with E-state index in [4.69, 9.17) is 11.6 Å². The van der Waals surface area contributed by atoms with Crippen LogP contribution in [-0.4, -0.2) is 56.9 Å². The number of piperidine rings is 1. The van der Waals surface area contributed by atoms with Crippen molar-refractivity contribution in [1.29, 1.82) is 0 Å². The van der Waals surface area contributed by atoms with Gasteiger partial charge in [-0.25, -0.2) is 13.4 Å². The summed E-state index contributed by atoms with van der Waals surface area (Å²) in [5.41, 5.74) is 1.11. The molecule has 2 N–H and O–H groups in total. The van der Waals surface area contributed by atoms with Crippen molar-refractivity contribution >= 4 is 51.6 Å². The van der Waals surface area contributed by atoms with Gasteiger partial charge in [-0.05, 0) is 48.9 Å². The highest BCUT2D eigenvalue weighted by Gasteiger charge is 2.29. The predicted octanol–water partition coefficient (Wildman–Crippen LogP) is 3.16. The van der Waals surface area contributed by atoms with Crippen molar-refractivity contribution in [2.75, 3.05) is 33.2 Å². The van der Waals surface area contributed by atoms with E-state index in [2.05, 4.69) is 20.6 Å². The van der Waals surface area contributed by atoms with Gasteiger partial charge in [0.25, 0.3) is 0 Å². The number of hydrogen-bond donors (Lipinski definition) is 2. The fourth-order valence-corrected chi connectivity index (χ4v) is 5.04. The number of aliphatic imine (C=N–C) groups is 1. The molecule has 1 saturated heterocycles. The molecule has 0 unspecified atom stereocenters. The number of nitrogens with zero attached hydrogens (tertiary/aromatic N) is 3. The minimum atomic E-state index is -3.40. The molecular weight excluding hydrogens is 549 g/mol. The molecule has 1 aliphatic heterocycles. The monoisotopic (exact) mass is 577 g/mol. The van der Waals surface area contributed by atoms with E-state index >= 15 is 0 Å². The lowest BCUT2D eigenvalue weighted by Gasteiger charge is -2.31. The number of hydrogen-bond acceptors (Lipinski definition) is 4. The quantitative estimate of drug-likeness (QED) is 0.229. The Morgan fingerprint density at radius 1 is 1.16 bits per heavy atom. The fraction of sp³-hybridized carbons (Fsp3) is 0.429. The van der Waals surface area contributed by atoms with Gasteiger partial charge in [-0.15, -0.1) is 24.0 Å². The van der Waals surface area contributed by atoms with E-state index < -0.39 is 10.0 Å². The Morgan fingerprint density at radius 3 is 2.48 bits per heavy atom. The minimum absolute atomic E-state index is 0. The number of nitrogens with one attached hydrogen (secondary N) is 2. The summed E-state index contributed by atoms with van der Waals surface area (Å²) < 4.78 is 27.0. The highest BCUT2D eigenvalue weighted by atomic mass is 127. The van der Waals surface area contributed by atoms with Gasteiger partial charge in [0.15, 0.2) is 5.96 Å². The average Bonchev–Trinajstić information content (AvgIpc) is 2.78. The molecule has 1 aromatic carbocycles. The van der Waals surface area contributed by atoms with Gasteiger partial charge in [-0.1, -0.05) is 35.9 Å². The van der Waals surface area contributed by atoms with E-state index in [-0.39, 0.29) is 24.0 Å². The number of guanidine groups is 1. The predicted molar refractivity (Wildman–Crippen MR) is 136 cm³/mol. The summed E-state index contributed by atoms with van der Waals surface area (Å²) in [6.07, 6.45) is 4.25. The Hall–Kier alpha value is -1.43. The van der Waals surface area contributed by atoms with Crippen LogP contribution in [0, 0.1) is 5.92 Å². The van der Waals surface area contributed by atoms with E-state index in [1.165, 1.54) is 0 Å². The Balaban J connectivity index is 0.00000341. The molecule has 2 aromatic rings. The lowest BCUT2D eigenvalue weighted by Crippen LogP contribution is -2.44. The molecule has 0 saturated carbocycles. The van der Waals surface area contributed by atoms with Crippen molar-refractivity contribution in [3.63, 3.8) is 0 Å². The number of sulfonamides is 1. The first kappa shape index (κ1) is 25.8. The molecule has 0 aliphatic carbocycles. The third-order valence-corrected chi connectivity index (χ3v) is 7.37. The van der Waals surface area contributed by atoms with Crippen LogP contribution in [0.2, 0.25) is 5.15 Å². The van der Waals surface area contributed by atoms with E-state index in [0.29, 0.717) is 29.1 Å². The first-order valence-corrected chi connectivity index (χ1v) is 11.9. The van der Waals surface area contributed by atoms with Crippen molar-refractivity contribution in [1.82, 2.24) is 19.9 Å². The van der Waals surface area contributed by atoms with Crippen LogP contribution in [0.4, 0.5) is 0 Å². The van der Waals surface area contributed by atoms with Gasteiger partial charge in [0.1, 0.15) is 5.15 Å². The SMILES string of the molecule is CN=C(NCCc1ccc(Cl)nc1)NCC1CCN(S(=O)(=O)c2ccccc2)CC1.I. The number of pyridine rings is 1. The van der Waals surface area contributed by atoms with E-state index in [1.54, 1.807) is 47.9 Å². The Bertz CT molecular complexity index is 934. The molecule has 170 valence electrons. The van der Waals surface area contributed by atoms with E-state index in [1.807, 2.05) is 12.1 Å². The smallest absolute Gasteiger partial charge is 0.243 e. The molecule has 0 spiro atoms. The Kier molecular flexibility index (Phi) is 10.5. The van der Waals surface area contributed by atoms with Crippen molar-refractivity contribution in [2.45, 2.75) is 24.2 Å². The Labute approximate surface area is 206 Å². The van der Waals surface area contributed by atoms with Crippen LogP contribution in [0.25, 0.3) is 0 Å². The van der Waals surface area contributed by atoms with Crippen LogP contribution >= 0.6 is 35.6 Å². The van der Waals surface area contributed by atoms with Crippen LogP contribution in [0.5, 0.6) is 0 Å². The zero-order valence-electron chi connectivity index (χ0n) is 17.5. The molecular formula is C21H29ClIN5O2S. The van der Waals surface area contributed by atoms with Crippen LogP contribution in [0.15, 0.2) is 58.5 Å². The third-order valence-electron chi connectivity index (χ3n) is 5.23. The number of benzene rings is 1. The second kappa shape index (κ2) is 12.6. The second-order valence-corrected chi connectivity index (χ2v) is 9.60. The highest BCUT2D eigenvalue weighted by Crippen LogP contribution is 2.23. The maximum Gasteiger partial charge on any atom is 0.243 e. The summed E-state index contributed by atoms with van der Waals surface area (Å²) in [5, 5.41) is 7.14. The maximum atomic E-state index is 12.7. The molecule has 0 atom stereocenters. The zero-order chi connectivity index (χ0) is 21.4. The molecule has 0 amide bonds. The fourth-order valence-electron chi connectivity index (χ4n) is 3.44. The van der Waals surface area contributed by atoms with Gasteiger partial charge in [0.2, 0.25) is 10.0 Å². The Morgan fingerprint density at radius 2 is 1.87 bits per heavy atom. The van der Waals surface area contributed by atoms with E-state index in [0.717, 1.165) is 43.9 Å². The number of aromatic nitrogens is 1. The van der Waals surface area contributed by atoms with Gasteiger partial charge in [0.05, 0.1) is 4.90 Å². The molecule has 3 rings (SSSR count). The normalized spacial score (nSPS) is 15.9.